The van der Waals surface area contributed by atoms with Crippen molar-refractivity contribution in [2.24, 2.45) is 0 Å². The van der Waals surface area contributed by atoms with Gasteiger partial charge < -0.3 is 0 Å². The highest BCUT2D eigenvalue weighted by Crippen LogP contribution is 2.38. The van der Waals surface area contributed by atoms with Crippen LogP contribution in [-0.4, -0.2) is 15.0 Å². The molecule has 9 aromatic carbocycles. The molecule has 1 heterocycles. The van der Waals surface area contributed by atoms with Gasteiger partial charge in [0.15, 0.2) is 17.5 Å². The Balaban J connectivity index is 1.27. The first-order chi connectivity index (χ1) is 40.5. The van der Waals surface area contributed by atoms with Crippen molar-refractivity contribution in [1.82, 2.24) is 15.0 Å². The molecule has 0 aliphatic heterocycles. The SMILES string of the molecule is [2H]c1c([2H])c([2H])c(-c2nc(-c3c([2H])c([2H])c([2H])c([2H])c3[2H])nc(-c3c([2H])c([2H])c([2H])c(-c4c([2H])c([2H])c([2H])c(-c5c([2H])c([2H])c(-c6c([2H])c([2H])c7c8c([2H])c([2H])c([2H])c([2H])c8c8c([2H])c([2H])c([2H])c([2H])c8c7c6[2H])c([2H])c5[2H])c4[2H])c3[2H])n2)c([2H])c1[2H]. The molecule has 252 valence electrons. The summed E-state index contributed by atoms with van der Waals surface area (Å²) in [5.74, 6) is -2.69. The minimum atomic E-state index is -1.17. The van der Waals surface area contributed by atoms with Gasteiger partial charge in [-0.3, -0.25) is 0 Å². The summed E-state index contributed by atoms with van der Waals surface area (Å²) in [5.41, 5.74) is -8.16. The Morgan fingerprint density at radius 3 is 1.04 bits per heavy atom. The molecule has 0 N–H and O–H groups in total. The maximum atomic E-state index is 9.63. The highest BCUT2D eigenvalue weighted by atomic mass is 15.0. The van der Waals surface area contributed by atoms with Gasteiger partial charge in [-0.25, -0.2) is 15.0 Å². The summed E-state index contributed by atoms with van der Waals surface area (Å²) in [6, 6.07) is -32.5. The van der Waals surface area contributed by atoms with Gasteiger partial charge in [-0.1, -0.05) is 181 Å². The lowest BCUT2D eigenvalue weighted by Gasteiger charge is -2.12. The van der Waals surface area contributed by atoms with Crippen LogP contribution in [0.15, 0.2) is 199 Å². The molecule has 0 aliphatic carbocycles. The van der Waals surface area contributed by atoms with Crippen LogP contribution in [0.2, 0.25) is 0 Å². The van der Waals surface area contributed by atoms with Crippen LogP contribution < -0.4 is 0 Å². The largest absolute Gasteiger partial charge is 0.208 e. The molecule has 0 saturated carbocycles. The van der Waals surface area contributed by atoms with Gasteiger partial charge in [0.25, 0.3) is 0 Å². The average Bonchev–Trinajstić information content (AvgIpc) is 0.702. The highest BCUT2D eigenvalue weighted by Gasteiger charge is 2.14. The van der Waals surface area contributed by atoms with Gasteiger partial charge in [0.2, 0.25) is 0 Å². The molecule has 10 aromatic rings. The van der Waals surface area contributed by atoms with Crippen LogP contribution in [0.1, 0.15) is 45.2 Å². The topological polar surface area (TPSA) is 38.7 Å². The van der Waals surface area contributed by atoms with Gasteiger partial charge in [0.05, 0.1) is 45.2 Å². The Morgan fingerprint density at radius 1 is 0.222 bits per heavy atom. The Hall–Kier alpha value is -7.23. The van der Waals surface area contributed by atoms with Crippen LogP contribution in [0.3, 0.4) is 0 Å². The van der Waals surface area contributed by atoms with Crippen molar-refractivity contribution in [2.75, 3.05) is 0 Å². The summed E-state index contributed by atoms with van der Waals surface area (Å²) >= 11 is 0. The Labute approximate surface area is 360 Å². The number of benzene rings is 9. The van der Waals surface area contributed by atoms with Crippen LogP contribution in [0.4, 0.5) is 0 Å². The summed E-state index contributed by atoms with van der Waals surface area (Å²) in [4.78, 5) is 12.6. The zero-order chi connectivity index (χ0) is 64.6. The molecule has 3 heteroatoms. The molecule has 0 radical (unpaired) electrons. The lowest BCUT2D eigenvalue weighted by molar-refractivity contribution is 1.07. The van der Waals surface area contributed by atoms with Crippen LogP contribution in [0.25, 0.3) is 99.9 Å². The second-order valence-corrected chi connectivity index (χ2v) is 11.1. The van der Waals surface area contributed by atoms with Crippen LogP contribution in [0.5, 0.6) is 0 Å². The first-order valence-electron chi connectivity index (χ1n) is 32.1. The lowest BCUT2D eigenvalue weighted by Crippen LogP contribution is -2.00. The minimum Gasteiger partial charge on any atom is -0.208 e. The van der Waals surface area contributed by atoms with Crippen molar-refractivity contribution in [3.05, 3.63) is 199 Å². The maximum absolute atomic E-state index is 9.63. The van der Waals surface area contributed by atoms with Crippen molar-refractivity contribution < 1.29 is 45.2 Å². The van der Waals surface area contributed by atoms with Gasteiger partial charge in [0.1, 0.15) is 0 Å². The van der Waals surface area contributed by atoms with E-state index in [2.05, 4.69) is 15.0 Å². The lowest BCUT2D eigenvalue weighted by atomic mass is 9.91. The maximum Gasteiger partial charge on any atom is 0.164 e. The van der Waals surface area contributed by atoms with Crippen LogP contribution in [-0.2, 0) is 0 Å². The quantitative estimate of drug-likeness (QED) is 0.161. The highest BCUT2D eigenvalue weighted by molar-refractivity contribution is 6.25. The van der Waals surface area contributed by atoms with E-state index in [0.29, 0.717) is 0 Å². The molecule has 54 heavy (non-hydrogen) atoms. The summed E-state index contributed by atoms with van der Waals surface area (Å²) in [7, 11) is 0. The van der Waals surface area contributed by atoms with Crippen molar-refractivity contribution in [1.29, 1.82) is 0 Å². The smallest absolute Gasteiger partial charge is 0.164 e. The second-order valence-electron chi connectivity index (χ2n) is 11.1. The third-order valence-corrected chi connectivity index (χ3v) is 7.87. The number of aromatic nitrogens is 3. The van der Waals surface area contributed by atoms with E-state index in [1.807, 2.05) is 0 Å². The number of nitrogens with zero attached hydrogens (tertiary/aromatic N) is 3. The molecule has 0 unspecified atom stereocenters. The molecule has 3 nitrogen and oxygen atoms in total. The molecule has 1 aromatic heterocycles. The zero-order valence-electron chi connectivity index (χ0n) is 59.8. The van der Waals surface area contributed by atoms with Crippen molar-refractivity contribution in [3.63, 3.8) is 0 Å². The standard InChI is InChI=1S/C51H33N3/c1-3-13-36(14-4-1)49-52-50(37-15-5-2-6-16-37)54-51(53-49)42-20-12-19-40(32-42)39-18-11-17-38(31-39)34-25-27-35(28-26-34)41-29-30-47-45-23-8-7-21-43(45)44-22-9-10-24-46(44)48(47)33-41/h1-33H/i1D,2D,3D,4D,5D,6D,7D,8D,9D,10D,11D,12D,13D,14D,15D,16D,17D,18D,19D,20D,21D,22D,23D,24D,25D,26D,27D,28D,29D,30D,31D,32D,33D. The van der Waals surface area contributed by atoms with E-state index in [1.54, 1.807) is 0 Å². The Morgan fingerprint density at radius 2 is 0.537 bits per heavy atom. The number of rotatable bonds is 6. The molecule has 0 fully saturated rings. The number of hydrogen-bond acceptors (Lipinski definition) is 3. The Kier molecular flexibility index (Phi) is 3.08. The van der Waals surface area contributed by atoms with Gasteiger partial charge in [0, 0.05) is 16.7 Å². The minimum absolute atomic E-state index is 0.484. The van der Waals surface area contributed by atoms with Gasteiger partial charge >= 0.3 is 0 Å². The van der Waals surface area contributed by atoms with E-state index in [9.17, 15) is 12.3 Å². The van der Waals surface area contributed by atoms with Crippen LogP contribution >= 0.6 is 0 Å². The fourth-order valence-electron chi connectivity index (χ4n) is 5.45. The first-order valence-corrected chi connectivity index (χ1v) is 15.6. The molecule has 0 amide bonds. The third-order valence-electron chi connectivity index (χ3n) is 7.87. The molecule has 0 atom stereocenters. The molecular formula is C51H33N3. The van der Waals surface area contributed by atoms with Gasteiger partial charge in [-0.15, -0.1) is 0 Å². The molecule has 0 spiro atoms. The monoisotopic (exact) mass is 720 g/mol. The predicted molar refractivity (Wildman–Crippen MR) is 225 cm³/mol. The van der Waals surface area contributed by atoms with E-state index in [0.717, 1.165) is 0 Å². The molecule has 0 bridgehead atoms. The third kappa shape index (κ3) is 5.78. The van der Waals surface area contributed by atoms with Crippen molar-refractivity contribution >= 4 is 32.3 Å². The van der Waals surface area contributed by atoms with Crippen molar-refractivity contribution in [2.45, 2.75) is 0 Å². The normalized spacial score (nSPS) is 19.9. The summed E-state index contributed by atoms with van der Waals surface area (Å²) < 4.78 is 293. The van der Waals surface area contributed by atoms with E-state index >= 15 is 0 Å². The summed E-state index contributed by atoms with van der Waals surface area (Å²) in [5, 5.41) is -3.27. The van der Waals surface area contributed by atoms with Gasteiger partial charge in [-0.2, -0.15) is 0 Å². The number of hydrogen-bond donors (Lipinski definition) is 0. The predicted octanol–water partition coefficient (Wildman–Crippen LogP) is 13.3. The molecule has 0 saturated heterocycles. The Bertz CT molecular complexity index is 4690. The van der Waals surface area contributed by atoms with E-state index in [1.165, 1.54) is 0 Å². The zero-order valence-corrected chi connectivity index (χ0v) is 26.8. The summed E-state index contributed by atoms with van der Waals surface area (Å²) in [6.45, 7) is 0. The number of fused-ring (bicyclic) bond motifs is 6. The molecule has 10 rings (SSSR count). The van der Waals surface area contributed by atoms with E-state index in [-0.39, 0.29) is 0 Å². The fourth-order valence-corrected chi connectivity index (χ4v) is 5.45. The van der Waals surface area contributed by atoms with Crippen molar-refractivity contribution in [3.8, 4) is 67.5 Å². The average molecular weight is 721 g/mol. The van der Waals surface area contributed by atoms with E-state index < -0.39 is 299 Å². The second kappa shape index (κ2) is 13.4. The van der Waals surface area contributed by atoms with Crippen LogP contribution in [0, 0.1) is 0 Å². The van der Waals surface area contributed by atoms with E-state index in [4.69, 9.17) is 32.9 Å². The van der Waals surface area contributed by atoms with Gasteiger partial charge in [-0.05, 0) is 83.8 Å². The summed E-state index contributed by atoms with van der Waals surface area (Å²) in [6.07, 6.45) is 0. The fraction of sp³-hybridized carbons (Fsp3) is 0. The first kappa shape index (κ1) is 12.4. The molecule has 0 aliphatic rings. The molecular weight excluding hydrogens is 655 g/mol.